The molecule has 0 aliphatic heterocycles. The van der Waals surface area contributed by atoms with Crippen LogP contribution in [0, 0.1) is 10.8 Å². The Bertz CT molecular complexity index is 320. The summed E-state index contributed by atoms with van der Waals surface area (Å²) in [6.07, 6.45) is 9.06. The van der Waals surface area contributed by atoms with Crippen molar-refractivity contribution in [1.29, 1.82) is 0 Å². The van der Waals surface area contributed by atoms with E-state index in [1.165, 1.54) is 12.8 Å². The fraction of sp³-hybridized carbons (Fsp3) is 0.909. The zero-order valence-electron chi connectivity index (χ0n) is 19.5. The van der Waals surface area contributed by atoms with Gasteiger partial charge in [-0.15, -0.1) is 0 Å². The van der Waals surface area contributed by atoms with Gasteiger partial charge in [-0.25, -0.2) is 0 Å². The maximum atomic E-state index is 10.2. The summed E-state index contributed by atoms with van der Waals surface area (Å²) >= 11 is 0.125. The van der Waals surface area contributed by atoms with Crippen LogP contribution in [0.1, 0.15) is 106 Å². The van der Waals surface area contributed by atoms with E-state index in [0.29, 0.717) is 23.7 Å². The number of carboxylic acids is 2. The molecule has 2 N–H and O–H groups in total. The molecule has 0 aromatic carbocycles. The van der Waals surface area contributed by atoms with Crippen molar-refractivity contribution in [2.45, 2.75) is 117 Å². The first-order valence-corrected chi connectivity index (χ1v) is 16.6. The number of rotatable bonds is 10. The van der Waals surface area contributed by atoms with Crippen LogP contribution in [0.3, 0.4) is 0 Å². The van der Waals surface area contributed by atoms with Crippen molar-refractivity contribution in [2.75, 3.05) is 0 Å². The second-order valence-corrected chi connectivity index (χ2v) is 12.7. The van der Waals surface area contributed by atoms with Crippen molar-refractivity contribution in [3.8, 4) is 0 Å². The van der Waals surface area contributed by atoms with Crippen LogP contribution in [0.25, 0.3) is 0 Å². The summed E-state index contributed by atoms with van der Waals surface area (Å²) in [7, 11) is 0. The van der Waals surface area contributed by atoms with Crippen molar-refractivity contribution in [2.24, 2.45) is 10.8 Å². The van der Waals surface area contributed by atoms with Crippen LogP contribution in [0.2, 0.25) is 11.0 Å². The van der Waals surface area contributed by atoms with Gasteiger partial charge >= 0.3 is 40.1 Å². The van der Waals surface area contributed by atoms with E-state index in [4.69, 9.17) is 10.2 Å². The molecule has 0 aliphatic rings. The average molecular weight is 440 g/mol. The number of unbranched alkanes of at least 4 members (excludes halogenated alkanes) is 4. The van der Waals surface area contributed by atoms with Gasteiger partial charge in [0.05, 0.1) is 0 Å². The van der Waals surface area contributed by atoms with Gasteiger partial charge in [0.2, 0.25) is 0 Å². The predicted octanol–water partition coefficient (Wildman–Crippen LogP) is 7.30. The number of hydrogen-bond donors (Lipinski definition) is 2. The molecule has 0 saturated carbocycles. The molecule has 0 fully saturated rings. The van der Waals surface area contributed by atoms with Crippen molar-refractivity contribution >= 4 is 11.9 Å². The first-order valence-electron chi connectivity index (χ1n) is 10.7. The van der Waals surface area contributed by atoms with E-state index in [1.54, 1.807) is 0 Å². The Morgan fingerprint density at radius 1 is 0.630 bits per heavy atom. The second-order valence-electron chi connectivity index (χ2n) is 9.74. The Hall–Kier alpha value is -0.437. The Morgan fingerprint density at radius 3 is 1.07 bits per heavy atom. The normalized spacial score (nSPS) is 10.7. The van der Waals surface area contributed by atoms with Crippen LogP contribution in [0.15, 0.2) is 0 Å². The molecule has 0 amide bonds. The molecule has 0 saturated heterocycles. The van der Waals surface area contributed by atoms with Gasteiger partial charge in [0.15, 0.2) is 0 Å². The molecule has 0 rings (SSSR count). The van der Waals surface area contributed by atoms with Crippen LogP contribution in [-0.4, -0.2) is 22.2 Å². The first kappa shape index (κ1) is 31.3. The topological polar surface area (TPSA) is 74.6 Å². The molecule has 0 aromatic rings. The SMILES string of the molecule is CC(C)(C)CCCCCC(=O)O.CC(C)(C)CCCCCC(=O)O.[CH3][Zn][CH3]. The molecule has 4 nitrogen and oxygen atoms in total. The van der Waals surface area contributed by atoms with Crippen molar-refractivity contribution < 1.29 is 36.9 Å². The zero-order valence-corrected chi connectivity index (χ0v) is 22.5. The molecule has 0 aliphatic carbocycles. The van der Waals surface area contributed by atoms with Gasteiger partial charge in [0.1, 0.15) is 0 Å². The number of aliphatic carboxylic acids is 2. The fourth-order valence-corrected chi connectivity index (χ4v) is 2.22. The van der Waals surface area contributed by atoms with E-state index < -0.39 is 11.9 Å². The van der Waals surface area contributed by atoms with Gasteiger partial charge in [-0.2, -0.15) is 0 Å². The molecule has 0 unspecified atom stereocenters. The van der Waals surface area contributed by atoms with E-state index in [2.05, 4.69) is 52.6 Å². The fourth-order valence-electron chi connectivity index (χ4n) is 2.22. The van der Waals surface area contributed by atoms with E-state index in [9.17, 15) is 9.59 Å². The van der Waals surface area contributed by atoms with Gasteiger partial charge in [0.25, 0.3) is 0 Å². The van der Waals surface area contributed by atoms with Crippen LogP contribution in [0.4, 0.5) is 0 Å². The van der Waals surface area contributed by atoms with Gasteiger partial charge in [-0.3, -0.25) is 9.59 Å². The third kappa shape index (κ3) is 46.0. The van der Waals surface area contributed by atoms with Gasteiger partial charge < -0.3 is 10.2 Å². The second kappa shape index (κ2) is 18.9. The molecule has 0 radical (unpaired) electrons. The Kier molecular flexibility index (Phi) is 21.9. The molecular weight excluding hydrogens is 394 g/mol. The minimum atomic E-state index is -0.675. The van der Waals surface area contributed by atoms with Crippen LogP contribution < -0.4 is 0 Å². The molecular formula is C22H46O4Zn. The van der Waals surface area contributed by atoms with Crippen LogP contribution in [-0.2, 0) is 26.7 Å². The monoisotopic (exact) mass is 438 g/mol. The van der Waals surface area contributed by atoms with E-state index in [-0.39, 0.29) is 17.1 Å². The number of hydrogen-bond acceptors (Lipinski definition) is 2. The summed E-state index contributed by atoms with van der Waals surface area (Å²) < 4.78 is 0. The van der Waals surface area contributed by atoms with E-state index in [1.807, 2.05) is 0 Å². The summed E-state index contributed by atoms with van der Waals surface area (Å²) in [6.45, 7) is 13.3. The molecule has 0 atom stereocenters. The predicted molar refractivity (Wildman–Crippen MR) is 112 cm³/mol. The summed E-state index contributed by atoms with van der Waals surface area (Å²) in [5, 5.41) is 16.7. The van der Waals surface area contributed by atoms with Crippen molar-refractivity contribution in [1.82, 2.24) is 0 Å². The third-order valence-electron chi connectivity index (χ3n) is 3.63. The Labute approximate surface area is 176 Å². The minimum absolute atomic E-state index is 0.125. The maximum absolute atomic E-state index is 10.2. The first-order chi connectivity index (χ1) is 12.2. The molecule has 0 bridgehead atoms. The summed E-state index contributed by atoms with van der Waals surface area (Å²) in [5.41, 5.74) is 5.41. The van der Waals surface area contributed by atoms with E-state index >= 15 is 0 Å². The van der Waals surface area contributed by atoms with Crippen LogP contribution in [0.5, 0.6) is 0 Å². The average Bonchev–Trinajstić information content (AvgIpc) is 2.45. The molecule has 0 spiro atoms. The third-order valence-corrected chi connectivity index (χ3v) is 3.63. The Balaban J connectivity index is -0.000000372. The van der Waals surface area contributed by atoms with Crippen LogP contribution >= 0.6 is 0 Å². The van der Waals surface area contributed by atoms with Gasteiger partial charge in [0, 0.05) is 12.8 Å². The zero-order chi connectivity index (χ0) is 21.9. The standard InChI is InChI=1S/2C10H20O2.2CH3.Zn/c2*1-10(2,3)8-6-4-5-7-9(11)12;;;/h2*4-8H2,1-3H3,(H,11,12);2*1H3;. The molecule has 160 valence electrons. The van der Waals surface area contributed by atoms with E-state index in [0.717, 1.165) is 38.5 Å². The summed E-state index contributed by atoms with van der Waals surface area (Å²) in [6, 6.07) is 0. The summed E-state index contributed by atoms with van der Waals surface area (Å²) in [4.78, 5) is 20.3. The number of carbonyl (C=O) groups is 2. The van der Waals surface area contributed by atoms with Gasteiger partial charge in [-0.1, -0.05) is 67.2 Å². The number of carboxylic acid groups (broad SMARTS) is 2. The Morgan fingerprint density at radius 2 is 0.889 bits per heavy atom. The molecule has 0 heterocycles. The molecule has 27 heavy (non-hydrogen) atoms. The van der Waals surface area contributed by atoms with Gasteiger partial charge in [-0.05, 0) is 36.5 Å². The summed E-state index contributed by atoms with van der Waals surface area (Å²) in [5.74, 6) is -1.35. The molecule has 0 aromatic heterocycles. The van der Waals surface area contributed by atoms with Crippen molar-refractivity contribution in [3.63, 3.8) is 0 Å². The quantitative estimate of drug-likeness (QED) is 0.276. The van der Waals surface area contributed by atoms with Crippen molar-refractivity contribution in [3.05, 3.63) is 0 Å². The molecule has 5 heteroatoms.